The van der Waals surface area contributed by atoms with Gasteiger partial charge in [-0.1, -0.05) is 12.2 Å². The Labute approximate surface area is 70.3 Å². The first-order chi connectivity index (χ1) is 5.49. The summed E-state index contributed by atoms with van der Waals surface area (Å²) in [5, 5.41) is 8.30. The molecule has 12 heavy (non-hydrogen) atoms. The lowest BCUT2D eigenvalue weighted by Gasteiger charge is -1.93. The van der Waals surface area contributed by atoms with Crippen molar-refractivity contribution in [2.45, 2.75) is 13.8 Å². The Morgan fingerprint density at radius 2 is 1.92 bits per heavy atom. The number of halogens is 2. The molecule has 0 saturated heterocycles. The average molecular weight is 169 g/mol. The zero-order chi connectivity index (χ0) is 9.72. The minimum absolute atomic E-state index is 0.642. The third-order valence-electron chi connectivity index (χ3n) is 1.04. The van der Waals surface area contributed by atoms with E-state index in [2.05, 4.69) is 6.58 Å². The summed E-state index contributed by atoms with van der Waals surface area (Å²) in [6, 6.07) is 1.39. The first-order valence-corrected chi connectivity index (χ1v) is 3.28. The quantitative estimate of drug-likeness (QED) is 0.460. The number of allylic oxidation sites excluding steroid dienone is 5. The van der Waals surface area contributed by atoms with Gasteiger partial charge >= 0.3 is 0 Å². The third-order valence-corrected chi connectivity index (χ3v) is 1.04. The van der Waals surface area contributed by atoms with Crippen molar-refractivity contribution < 1.29 is 8.78 Å². The van der Waals surface area contributed by atoms with Crippen LogP contribution in [0.4, 0.5) is 8.78 Å². The van der Waals surface area contributed by atoms with E-state index in [-0.39, 0.29) is 0 Å². The van der Waals surface area contributed by atoms with Crippen molar-refractivity contribution in [1.82, 2.24) is 0 Å². The van der Waals surface area contributed by atoms with E-state index in [1.807, 2.05) is 0 Å². The lowest BCUT2D eigenvalue weighted by atomic mass is 10.2. The van der Waals surface area contributed by atoms with Gasteiger partial charge in [0.15, 0.2) is 0 Å². The van der Waals surface area contributed by atoms with E-state index in [4.69, 9.17) is 5.26 Å². The van der Waals surface area contributed by atoms with E-state index in [1.165, 1.54) is 6.07 Å². The highest BCUT2D eigenvalue weighted by Crippen LogP contribution is 2.16. The number of nitriles is 1. The van der Waals surface area contributed by atoms with Crippen LogP contribution in [0.3, 0.4) is 0 Å². The fourth-order valence-electron chi connectivity index (χ4n) is 0.569. The summed E-state index contributed by atoms with van der Waals surface area (Å²) in [5.41, 5.74) is 0.0118. The molecule has 0 unspecified atom stereocenters. The van der Waals surface area contributed by atoms with E-state index in [9.17, 15) is 8.78 Å². The topological polar surface area (TPSA) is 23.8 Å². The van der Waals surface area contributed by atoms with Crippen molar-refractivity contribution in [1.29, 1.82) is 5.26 Å². The van der Waals surface area contributed by atoms with Crippen LogP contribution >= 0.6 is 0 Å². The van der Waals surface area contributed by atoms with Crippen molar-refractivity contribution in [3.05, 3.63) is 35.5 Å². The molecule has 0 heterocycles. The molecule has 3 heteroatoms. The van der Waals surface area contributed by atoms with E-state index in [0.717, 1.165) is 6.08 Å². The van der Waals surface area contributed by atoms with E-state index >= 15 is 0 Å². The van der Waals surface area contributed by atoms with Crippen LogP contribution in [0.2, 0.25) is 0 Å². The highest BCUT2D eigenvalue weighted by Gasteiger charge is 2.06. The van der Waals surface area contributed by atoms with Gasteiger partial charge in [-0.15, -0.1) is 0 Å². The molecule has 0 aromatic carbocycles. The maximum Gasteiger partial charge on any atom is 0.143 e. The summed E-state index contributed by atoms with van der Waals surface area (Å²) in [5.74, 6) is -1.93. The molecule has 0 spiro atoms. The van der Waals surface area contributed by atoms with Crippen LogP contribution in [-0.2, 0) is 0 Å². The van der Waals surface area contributed by atoms with Gasteiger partial charge in [0, 0.05) is 0 Å². The fourth-order valence-corrected chi connectivity index (χ4v) is 0.569. The largest absolute Gasteiger partial charge is 0.206 e. The molecular weight excluding hydrogens is 160 g/mol. The summed E-state index contributed by atoms with van der Waals surface area (Å²) < 4.78 is 25.2. The molecule has 0 aliphatic rings. The zero-order valence-corrected chi connectivity index (χ0v) is 6.99. The van der Waals surface area contributed by atoms with Gasteiger partial charge in [0.25, 0.3) is 0 Å². The highest BCUT2D eigenvalue weighted by molar-refractivity contribution is 5.42. The third kappa shape index (κ3) is 3.11. The Hall–Kier alpha value is -1.43. The summed E-state index contributed by atoms with van der Waals surface area (Å²) in [6.07, 6.45) is 1.09. The van der Waals surface area contributed by atoms with Gasteiger partial charge in [0.1, 0.15) is 23.3 Å². The second-order valence-corrected chi connectivity index (χ2v) is 2.46. The van der Waals surface area contributed by atoms with Crippen LogP contribution in [0.1, 0.15) is 13.8 Å². The first-order valence-electron chi connectivity index (χ1n) is 3.28. The van der Waals surface area contributed by atoms with Gasteiger partial charge in [0.2, 0.25) is 0 Å². The van der Waals surface area contributed by atoms with Crippen LogP contribution < -0.4 is 0 Å². The monoisotopic (exact) mass is 169 g/mol. The van der Waals surface area contributed by atoms with Gasteiger partial charge in [-0.2, -0.15) is 5.26 Å². The Balaban J connectivity index is 5.03. The van der Waals surface area contributed by atoms with Gasteiger partial charge in [-0.05, 0) is 19.9 Å². The van der Waals surface area contributed by atoms with Gasteiger partial charge < -0.3 is 0 Å². The Kier molecular flexibility index (Phi) is 3.92. The Morgan fingerprint density at radius 1 is 1.42 bits per heavy atom. The first kappa shape index (κ1) is 10.6. The second-order valence-electron chi connectivity index (χ2n) is 2.46. The summed E-state index contributed by atoms with van der Waals surface area (Å²) in [4.78, 5) is 0. The standard InChI is InChI=1S/C9H9F2N/c1-6(2)4-9(11)8(5-12)7(3)10/h4H,3H2,1-2H3/b9-8+. The van der Waals surface area contributed by atoms with Crippen LogP contribution in [0.15, 0.2) is 35.5 Å². The molecule has 0 aromatic heterocycles. The second kappa shape index (κ2) is 4.45. The number of rotatable bonds is 2. The fraction of sp³-hybridized carbons (Fsp3) is 0.222. The van der Waals surface area contributed by atoms with E-state index in [1.54, 1.807) is 13.8 Å². The predicted octanol–water partition coefficient (Wildman–Crippen LogP) is 3.18. The van der Waals surface area contributed by atoms with Gasteiger partial charge in [-0.3, -0.25) is 0 Å². The minimum atomic E-state index is -1.05. The summed E-state index contributed by atoms with van der Waals surface area (Å²) >= 11 is 0. The van der Waals surface area contributed by atoms with Gasteiger partial charge in [-0.25, -0.2) is 8.78 Å². The molecule has 0 aliphatic heterocycles. The lowest BCUT2D eigenvalue weighted by Crippen LogP contribution is -1.82. The molecule has 0 radical (unpaired) electrons. The number of hydrogen-bond donors (Lipinski definition) is 0. The van der Waals surface area contributed by atoms with Crippen molar-refractivity contribution in [3.8, 4) is 6.07 Å². The Morgan fingerprint density at radius 3 is 2.17 bits per heavy atom. The average Bonchev–Trinajstić information content (AvgIpc) is 1.85. The van der Waals surface area contributed by atoms with E-state index < -0.39 is 17.2 Å². The molecule has 0 saturated carbocycles. The predicted molar refractivity (Wildman–Crippen MR) is 43.4 cm³/mol. The van der Waals surface area contributed by atoms with Gasteiger partial charge in [0.05, 0.1) is 0 Å². The molecule has 0 fully saturated rings. The van der Waals surface area contributed by atoms with Crippen LogP contribution in [0.5, 0.6) is 0 Å². The van der Waals surface area contributed by atoms with Crippen LogP contribution in [0, 0.1) is 11.3 Å². The molecule has 64 valence electrons. The minimum Gasteiger partial charge on any atom is -0.206 e. The highest BCUT2D eigenvalue weighted by atomic mass is 19.1. The molecule has 0 N–H and O–H groups in total. The van der Waals surface area contributed by atoms with Crippen molar-refractivity contribution in [3.63, 3.8) is 0 Å². The molecule has 0 aromatic rings. The van der Waals surface area contributed by atoms with Crippen molar-refractivity contribution >= 4 is 0 Å². The summed E-state index contributed by atoms with van der Waals surface area (Å²) in [6.45, 7) is 6.14. The van der Waals surface area contributed by atoms with Crippen LogP contribution in [0.25, 0.3) is 0 Å². The number of nitrogens with zero attached hydrogens (tertiary/aromatic N) is 1. The maximum absolute atomic E-state index is 12.8. The smallest absolute Gasteiger partial charge is 0.143 e. The normalized spacial score (nSPS) is 11.2. The molecule has 0 atom stereocenters. The molecule has 0 aliphatic carbocycles. The number of hydrogen-bond acceptors (Lipinski definition) is 1. The van der Waals surface area contributed by atoms with Crippen molar-refractivity contribution in [2.75, 3.05) is 0 Å². The molecule has 0 amide bonds. The van der Waals surface area contributed by atoms with Crippen molar-refractivity contribution in [2.24, 2.45) is 0 Å². The summed E-state index contributed by atoms with van der Waals surface area (Å²) in [7, 11) is 0. The molecular formula is C9H9F2N. The van der Waals surface area contributed by atoms with E-state index in [0.29, 0.717) is 5.57 Å². The van der Waals surface area contributed by atoms with Crippen LogP contribution in [-0.4, -0.2) is 0 Å². The molecule has 1 nitrogen and oxygen atoms in total. The zero-order valence-electron chi connectivity index (χ0n) is 6.99. The Bertz CT molecular complexity index is 288. The SMILES string of the molecule is C=C(F)/C(C#N)=C(/F)C=C(C)C. The molecule has 0 bridgehead atoms. The lowest BCUT2D eigenvalue weighted by molar-refractivity contribution is 0.620. The maximum atomic E-state index is 12.8. The molecule has 0 rings (SSSR count).